The van der Waals surface area contributed by atoms with E-state index in [0.717, 1.165) is 0 Å². The van der Waals surface area contributed by atoms with Crippen LogP contribution in [0.15, 0.2) is 0 Å². The molecule has 0 aromatic carbocycles. The van der Waals surface area contributed by atoms with Gasteiger partial charge < -0.3 is 9.42 Å². The first kappa shape index (κ1) is 15.4. The molecule has 0 aromatic heterocycles. The van der Waals surface area contributed by atoms with Crippen molar-refractivity contribution in [3.05, 3.63) is 0 Å². The molecule has 0 heterocycles. The molecule has 0 saturated carbocycles. The minimum absolute atomic E-state index is 0.136. The van der Waals surface area contributed by atoms with Crippen LogP contribution in [0.25, 0.3) is 0 Å². The second-order valence-corrected chi connectivity index (χ2v) is 5.40. The molecular weight excluding hydrogens is 227 g/mol. The van der Waals surface area contributed by atoms with Crippen molar-refractivity contribution in [3.63, 3.8) is 0 Å². The molecule has 4 nitrogen and oxygen atoms in total. The van der Waals surface area contributed by atoms with E-state index in [1.165, 1.54) is 0 Å². The molecule has 0 aromatic rings. The van der Waals surface area contributed by atoms with Crippen LogP contribution < -0.4 is 0 Å². The second kappa shape index (κ2) is 7.62. The van der Waals surface area contributed by atoms with E-state index >= 15 is 0 Å². The normalized spacial score (nSPS) is 15.8. The topological polar surface area (TPSA) is 63.6 Å². The minimum atomic E-state index is -3.73. The standard InChI is InChI=1S/C11H19O4P/c1-4-6-7-8-10(3)11(12)9-16(13,14)15-5-2/h10H,5,7-9H2,1-3H3,(H,13,14). The summed E-state index contributed by atoms with van der Waals surface area (Å²) in [5.74, 6) is 5.11. The zero-order valence-corrected chi connectivity index (χ0v) is 10.9. The van der Waals surface area contributed by atoms with Crippen molar-refractivity contribution in [1.29, 1.82) is 0 Å². The molecule has 0 saturated heterocycles. The van der Waals surface area contributed by atoms with Crippen molar-refractivity contribution in [2.75, 3.05) is 12.8 Å². The minimum Gasteiger partial charge on any atom is -0.324 e. The van der Waals surface area contributed by atoms with Crippen LogP contribution >= 0.6 is 7.60 Å². The Morgan fingerprint density at radius 2 is 2.19 bits per heavy atom. The Morgan fingerprint density at radius 1 is 1.56 bits per heavy atom. The Labute approximate surface area is 96.9 Å². The van der Waals surface area contributed by atoms with Gasteiger partial charge in [-0.2, -0.15) is 0 Å². The molecule has 92 valence electrons. The highest BCUT2D eigenvalue weighted by molar-refractivity contribution is 7.53. The number of carbonyl (C=O) groups excluding carboxylic acids is 1. The van der Waals surface area contributed by atoms with E-state index in [9.17, 15) is 14.3 Å². The van der Waals surface area contributed by atoms with E-state index in [1.807, 2.05) is 0 Å². The number of rotatable bonds is 7. The first-order chi connectivity index (χ1) is 7.43. The van der Waals surface area contributed by atoms with E-state index in [2.05, 4.69) is 16.4 Å². The molecular formula is C11H19O4P. The predicted molar refractivity (Wildman–Crippen MR) is 63.2 cm³/mol. The van der Waals surface area contributed by atoms with E-state index < -0.39 is 13.8 Å². The zero-order chi connectivity index (χ0) is 12.6. The summed E-state index contributed by atoms with van der Waals surface area (Å²) < 4.78 is 16.0. The zero-order valence-electron chi connectivity index (χ0n) is 10.0. The van der Waals surface area contributed by atoms with Gasteiger partial charge in [-0.05, 0) is 20.3 Å². The summed E-state index contributed by atoms with van der Waals surface area (Å²) in [6.07, 6.45) is 0.848. The molecule has 0 amide bonds. The Morgan fingerprint density at radius 3 is 2.69 bits per heavy atom. The summed E-state index contributed by atoms with van der Waals surface area (Å²) in [4.78, 5) is 20.9. The number of Topliss-reactive ketones (excluding diaryl/α,β-unsaturated/α-hetero) is 1. The quantitative estimate of drug-likeness (QED) is 0.552. The van der Waals surface area contributed by atoms with E-state index in [0.29, 0.717) is 12.8 Å². The number of ketones is 1. The molecule has 0 rings (SSSR count). The van der Waals surface area contributed by atoms with Gasteiger partial charge in [-0.15, -0.1) is 11.8 Å². The first-order valence-electron chi connectivity index (χ1n) is 5.31. The van der Waals surface area contributed by atoms with Crippen molar-refractivity contribution in [2.45, 2.75) is 33.6 Å². The van der Waals surface area contributed by atoms with Gasteiger partial charge in [0, 0.05) is 12.3 Å². The first-order valence-corrected chi connectivity index (χ1v) is 7.08. The third kappa shape index (κ3) is 6.79. The highest BCUT2D eigenvalue weighted by Gasteiger charge is 2.26. The maximum atomic E-state index is 11.6. The summed E-state index contributed by atoms with van der Waals surface area (Å²) in [6.45, 7) is 5.24. The van der Waals surface area contributed by atoms with E-state index in [1.54, 1.807) is 20.8 Å². The fraction of sp³-hybridized carbons (Fsp3) is 0.727. The van der Waals surface area contributed by atoms with Gasteiger partial charge in [0.05, 0.1) is 6.61 Å². The van der Waals surface area contributed by atoms with Crippen molar-refractivity contribution in [2.24, 2.45) is 5.92 Å². The summed E-state index contributed by atoms with van der Waals surface area (Å²) in [5, 5.41) is 0. The smallest absolute Gasteiger partial charge is 0.324 e. The Hall–Kier alpha value is -0.620. The molecule has 1 N–H and O–H groups in total. The molecule has 2 unspecified atom stereocenters. The van der Waals surface area contributed by atoms with Crippen LogP contribution in [-0.2, 0) is 13.9 Å². The van der Waals surface area contributed by atoms with Gasteiger partial charge in [0.25, 0.3) is 0 Å². The molecule has 5 heteroatoms. The van der Waals surface area contributed by atoms with Crippen molar-refractivity contribution < 1.29 is 18.8 Å². The molecule has 0 spiro atoms. The third-order valence-electron chi connectivity index (χ3n) is 2.12. The summed E-state index contributed by atoms with van der Waals surface area (Å²) >= 11 is 0. The van der Waals surface area contributed by atoms with Crippen LogP contribution in [0.4, 0.5) is 0 Å². The lowest BCUT2D eigenvalue weighted by Crippen LogP contribution is -2.16. The maximum absolute atomic E-state index is 11.6. The van der Waals surface area contributed by atoms with Crippen LogP contribution in [-0.4, -0.2) is 23.4 Å². The SMILES string of the molecule is CC#CCCC(C)C(=O)CP(=O)(O)OCC. The molecule has 0 fully saturated rings. The average Bonchev–Trinajstić information content (AvgIpc) is 2.16. The third-order valence-corrected chi connectivity index (χ3v) is 3.49. The van der Waals surface area contributed by atoms with Gasteiger partial charge in [-0.1, -0.05) is 6.92 Å². The lowest BCUT2D eigenvalue weighted by atomic mass is 10.0. The second-order valence-electron chi connectivity index (χ2n) is 3.55. The van der Waals surface area contributed by atoms with E-state index in [4.69, 9.17) is 0 Å². The van der Waals surface area contributed by atoms with E-state index in [-0.39, 0.29) is 18.3 Å². The fourth-order valence-electron chi connectivity index (χ4n) is 1.17. The van der Waals surface area contributed by atoms with Crippen LogP contribution in [0.5, 0.6) is 0 Å². The summed E-state index contributed by atoms with van der Waals surface area (Å²) in [6, 6.07) is 0. The Bertz CT molecular complexity index is 327. The van der Waals surface area contributed by atoms with Crippen LogP contribution in [0.3, 0.4) is 0 Å². The van der Waals surface area contributed by atoms with Crippen LogP contribution in [0.2, 0.25) is 0 Å². The lowest BCUT2D eigenvalue weighted by molar-refractivity contribution is -0.120. The average molecular weight is 246 g/mol. The summed E-state index contributed by atoms with van der Waals surface area (Å²) in [7, 11) is -3.73. The van der Waals surface area contributed by atoms with Gasteiger partial charge >= 0.3 is 7.60 Å². The molecule has 0 aliphatic rings. The van der Waals surface area contributed by atoms with Crippen molar-refractivity contribution in [3.8, 4) is 11.8 Å². The fourth-order valence-corrected chi connectivity index (χ4v) is 2.38. The summed E-state index contributed by atoms with van der Waals surface area (Å²) in [5.41, 5.74) is 0. The van der Waals surface area contributed by atoms with Crippen molar-refractivity contribution >= 4 is 13.4 Å². The highest BCUT2D eigenvalue weighted by atomic mass is 31.2. The largest absolute Gasteiger partial charge is 0.335 e. The Balaban J connectivity index is 4.12. The molecule has 0 aliphatic heterocycles. The van der Waals surface area contributed by atoms with Crippen LogP contribution in [0.1, 0.15) is 33.6 Å². The van der Waals surface area contributed by atoms with Gasteiger partial charge in [0.2, 0.25) is 0 Å². The van der Waals surface area contributed by atoms with Crippen LogP contribution in [0, 0.1) is 17.8 Å². The number of hydrogen-bond donors (Lipinski definition) is 1. The van der Waals surface area contributed by atoms with Gasteiger partial charge in [0.1, 0.15) is 11.9 Å². The molecule has 0 radical (unpaired) electrons. The van der Waals surface area contributed by atoms with Crippen molar-refractivity contribution in [1.82, 2.24) is 0 Å². The number of carbonyl (C=O) groups is 1. The van der Waals surface area contributed by atoms with Gasteiger partial charge in [0.15, 0.2) is 0 Å². The maximum Gasteiger partial charge on any atom is 0.335 e. The molecule has 16 heavy (non-hydrogen) atoms. The Kier molecular flexibility index (Phi) is 7.33. The molecule has 0 aliphatic carbocycles. The number of hydrogen-bond acceptors (Lipinski definition) is 3. The molecule has 0 bridgehead atoms. The lowest BCUT2D eigenvalue weighted by Gasteiger charge is -2.13. The predicted octanol–water partition coefficient (Wildman–Crippen LogP) is 2.22. The van der Waals surface area contributed by atoms with Gasteiger partial charge in [-0.25, -0.2) is 0 Å². The molecule has 2 atom stereocenters. The van der Waals surface area contributed by atoms with Gasteiger partial charge in [-0.3, -0.25) is 9.36 Å². The highest BCUT2D eigenvalue weighted by Crippen LogP contribution is 2.42. The monoisotopic (exact) mass is 246 g/mol.